The number of hydrogen-bond donors (Lipinski definition) is 2. The zero-order chi connectivity index (χ0) is 5.98. The van der Waals surface area contributed by atoms with E-state index in [2.05, 4.69) is 10.3 Å². The van der Waals surface area contributed by atoms with Crippen LogP contribution in [0.25, 0.3) is 0 Å². The fraction of sp³-hybridized carbons (Fsp3) is 0.750. The average molecular weight is 153 g/mol. The second kappa shape index (κ2) is 3.66. The quantitative estimate of drug-likeness (QED) is 0.477. The highest BCUT2D eigenvalue weighted by Gasteiger charge is 2.18. The van der Waals surface area contributed by atoms with Gasteiger partial charge in [-0.05, 0) is 6.42 Å². The minimum absolute atomic E-state index is 0. The third-order valence-corrected chi connectivity index (χ3v) is 1.03. The lowest BCUT2D eigenvalue weighted by atomic mass is 10.2. The van der Waals surface area contributed by atoms with E-state index >= 15 is 0 Å². The minimum Gasteiger partial charge on any atom is -0.369 e. The molecule has 0 amide bonds. The van der Waals surface area contributed by atoms with Crippen molar-refractivity contribution in [1.29, 1.82) is 0 Å². The maximum Gasteiger partial charge on any atom is 0.341 e. The van der Waals surface area contributed by atoms with Gasteiger partial charge in [0, 0.05) is 6.54 Å². The van der Waals surface area contributed by atoms with Gasteiger partial charge in [-0.25, -0.2) is 4.79 Å². The molecule has 3 N–H and O–H groups in total. The molecule has 1 aliphatic heterocycles. The first-order valence-corrected chi connectivity index (χ1v) is 2.50. The van der Waals surface area contributed by atoms with Gasteiger partial charge in [-0.15, -0.1) is 12.4 Å². The van der Waals surface area contributed by atoms with Crippen LogP contribution in [-0.4, -0.2) is 18.6 Å². The van der Waals surface area contributed by atoms with E-state index in [1.54, 1.807) is 0 Å². The molecule has 1 saturated heterocycles. The summed E-state index contributed by atoms with van der Waals surface area (Å²) in [5.74, 6) is -0.365. The van der Waals surface area contributed by atoms with Gasteiger partial charge in [0.15, 0.2) is 0 Å². The van der Waals surface area contributed by atoms with E-state index in [0.717, 1.165) is 0 Å². The number of carbonyl (C=O) groups is 1. The van der Waals surface area contributed by atoms with Crippen molar-refractivity contribution in [1.82, 2.24) is 5.48 Å². The van der Waals surface area contributed by atoms with Crippen molar-refractivity contribution in [2.45, 2.75) is 12.5 Å². The first-order chi connectivity index (χ1) is 3.80. The first-order valence-electron chi connectivity index (χ1n) is 2.50. The van der Waals surface area contributed by atoms with Crippen molar-refractivity contribution >= 4 is 18.4 Å². The van der Waals surface area contributed by atoms with Crippen molar-refractivity contribution in [2.75, 3.05) is 6.54 Å². The van der Waals surface area contributed by atoms with Gasteiger partial charge in [0.2, 0.25) is 0 Å². The third-order valence-electron chi connectivity index (χ3n) is 1.03. The Kier molecular flexibility index (Phi) is 3.53. The molecule has 1 rings (SSSR count). The Morgan fingerprint density at radius 1 is 1.78 bits per heavy atom. The summed E-state index contributed by atoms with van der Waals surface area (Å²) in [6, 6.07) is -0.420. The molecular weight excluding hydrogens is 144 g/mol. The van der Waals surface area contributed by atoms with E-state index in [9.17, 15) is 4.79 Å². The minimum atomic E-state index is -0.420. The molecule has 4 nitrogen and oxygen atoms in total. The van der Waals surface area contributed by atoms with E-state index in [1.165, 1.54) is 0 Å². The predicted octanol–water partition coefficient (Wildman–Crippen LogP) is -0.813. The predicted molar refractivity (Wildman–Crippen MR) is 33.9 cm³/mol. The summed E-state index contributed by atoms with van der Waals surface area (Å²) in [6.45, 7) is 0.660. The van der Waals surface area contributed by atoms with Gasteiger partial charge >= 0.3 is 5.97 Å². The summed E-state index contributed by atoms with van der Waals surface area (Å²) in [6.07, 6.45) is 0.666. The Bertz CT molecular complexity index is 109. The topological polar surface area (TPSA) is 64.3 Å². The van der Waals surface area contributed by atoms with Crippen molar-refractivity contribution in [3.63, 3.8) is 0 Å². The Morgan fingerprint density at radius 3 is 2.78 bits per heavy atom. The Labute approximate surface area is 59.1 Å². The Morgan fingerprint density at radius 2 is 2.44 bits per heavy atom. The summed E-state index contributed by atoms with van der Waals surface area (Å²) in [7, 11) is 0. The lowest BCUT2D eigenvalue weighted by Crippen LogP contribution is -2.43. The van der Waals surface area contributed by atoms with E-state index in [0.29, 0.717) is 13.0 Å². The van der Waals surface area contributed by atoms with Crippen LogP contribution in [0.1, 0.15) is 6.42 Å². The smallest absolute Gasteiger partial charge is 0.341 e. The van der Waals surface area contributed by atoms with E-state index in [4.69, 9.17) is 5.73 Å². The van der Waals surface area contributed by atoms with Gasteiger partial charge in [0.05, 0.1) is 0 Å². The van der Waals surface area contributed by atoms with Gasteiger partial charge in [0.1, 0.15) is 6.04 Å². The van der Waals surface area contributed by atoms with Crippen LogP contribution in [0.5, 0.6) is 0 Å². The maximum absolute atomic E-state index is 10.4. The van der Waals surface area contributed by atoms with Crippen molar-refractivity contribution in [3.8, 4) is 0 Å². The van der Waals surface area contributed by atoms with Gasteiger partial charge in [-0.2, -0.15) is 5.48 Å². The molecule has 1 aliphatic rings. The number of nitrogens with two attached hydrogens (primary N) is 1. The molecule has 1 atom stereocenters. The number of halogens is 1. The number of nitrogens with one attached hydrogen (secondary N) is 1. The Balaban J connectivity index is 0.000000640. The summed E-state index contributed by atoms with van der Waals surface area (Å²) in [5, 5.41) is 0. The zero-order valence-corrected chi connectivity index (χ0v) is 5.61. The van der Waals surface area contributed by atoms with Crippen LogP contribution in [0, 0.1) is 0 Å². The number of rotatable bonds is 0. The molecule has 0 aromatic rings. The highest BCUT2D eigenvalue weighted by Crippen LogP contribution is 1.94. The highest BCUT2D eigenvalue weighted by atomic mass is 35.5. The number of carbonyl (C=O) groups excluding carboxylic acids is 1. The monoisotopic (exact) mass is 152 g/mol. The summed E-state index contributed by atoms with van der Waals surface area (Å²) >= 11 is 0. The van der Waals surface area contributed by atoms with Crippen LogP contribution in [0.4, 0.5) is 0 Å². The molecule has 1 fully saturated rings. The number of hydrogen-bond acceptors (Lipinski definition) is 4. The standard InChI is InChI=1S/C4H8N2O2.ClH/c5-3-1-2-6-8-4(3)7;/h3,6H,1-2,5H2;1H. The van der Waals surface area contributed by atoms with E-state index < -0.39 is 6.04 Å². The molecule has 9 heavy (non-hydrogen) atoms. The van der Waals surface area contributed by atoms with Crippen molar-refractivity contribution < 1.29 is 9.63 Å². The fourth-order valence-corrected chi connectivity index (χ4v) is 0.530. The van der Waals surface area contributed by atoms with Crippen LogP contribution in [0.3, 0.4) is 0 Å². The first kappa shape index (κ1) is 8.68. The molecule has 0 aromatic heterocycles. The Hall–Kier alpha value is -0.320. The van der Waals surface area contributed by atoms with Crippen LogP contribution < -0.4 is 11.2 Å². The number of hydroxylamine groups is 1. The molecule has 54 valence electrons. The molecule has 0 spiro atoms. The zero-order valence-electron chi connectivity index (χ0n) is 4.79. The van der Waals surface area contributed by atoms with Gasteiger partial charge in [-0.1, -0.05) is 0 Å². The molecule has 0 radical (unpaired) electrons. The molecule has 0 saturated carbocycles. The van der Waals surface area contributed by atoms with Gasteiger partial charge in [0.25, 0.3) is 0 Å². The van der Waals surface area contributed by atoms with Crippen molar-refractivity contribution in [3.05, 3.63) is 0 Å². The molecule has 0 bridgehead atoms. The molecule has 5 heteroatoms. The molecule has 1 unspecified atom stereocenters. The molecule has 0 aliphatic carbocycles. The summed E-state index contributed by atoms with van der Waals surface area (Å²) < 4.78 is 0. The SMILES string of the molecule is Cl.NC1CCNOC1=O. The molecule has 0 aromatic carbocycles. The van der Waals surface area contributed by atoms with Gasteiger partial charge < -0.3 is 10.6 Å². The van der Waals surface area contributed by atoms with Crippen LogP contribution >= 0.6 is 12.4 Å². The van der Waals surface area contributed by atoms with E-state index in [1.807, 2.05) is 0 Å². The van der Waals surface area contributed by atoms with Crippen molar-refractivity contribution in [2.24, 2.45) is 5.73 Å². The lowest BCUT2D eigenvalue weighted by molar-refractivity contribution is -0.157. The van der Waals surface area contributed by atoms with Crippen LogP contribution in [0.15, 0.2) is 0 Å². The molecule has 1 heterocycles. The third kappa shape index (κ3) is 2.17. The second-order valence-corrected chi connectivity index (χ2v) is 1.71. The maximum atomic E-state index is 10.4. The molecular formula is C4H9ClN2O2. The van der Waals surface area contributed by atoms with Crippen LogP contribution in [0.2, 0.25) is 0 Å². The lowest BCUT2D eigenvalue weighted by Gasteiger charge is -2.16. The second-order valence-electron chi connectivity index (χ2n) is 1.71. The van der Waals surface area contributed by atoms with E-state index in [-0.39, 0.29) is 18.4 Å². The summed E-state index contributed by atoms with van der Waals surface area (Å²) in [4.78, 5) is 14.8. The van der Waals surface area contributed by atoms with Crippen LogP contribution in [-0.2, 0) is 9.63 Å². The average Bonchev–Trinajstić information content (AvgIpc) is 1.77. The fourth-order valence-electron chi connectivity index (χ4n) is 0.530. The van der Waals surface area contributed by atoms with Gasteiger partial charge in [-0.3, -0.25) is 0 Å². The largest absolute Gasteiger partial charge is 0.369 e. The highest BCUT2D eigenvalue weighted by molar-refractivity contribution is 5.85. The normalized spacial score (nSPS) is 26.3. The summed E-state index contributed by atoms with van der Waals surface area (Å²) in [5.41, 5.74) is 7.70.